The number of benzene rings is 1. The smallest absolute Gasteiger partial charge is 0.241 e. The van der Waals surface area contributed by atoms with E-state index in [2.05, 4.69) is 4.90 Å². The number of likely N-dealkylation sites (N-methyl/N-ethyl adjacent to an activating group) is 1. The summed E-state index contributed by atoms with van der Waals surface area (Å²) in [4.78, 5) is 16.3. The topological polar surface area (TPSA) is 69.8 Å². The van der Waals surface area contributed by atoms with Crippen LogP contribution in [-0.2, 0) is 4.79 Å². The molecule has 20 heavy (non-hydrogen) atoms. The summed E-state index contributed by atoms with van der Waals surface area (Å²) >= 11 is 0. The highest BCUT2D eigenvalue weighted by Crippen LogP contribution is 2.20. The van der Waals surface area contributed by atoms with Crippen LogP contribution in [0.4, 0.5) is 5.69 Å². The number of aromatic hydroxyl groups is 1. The van der Waals surface area contributed by atoms with Crippen LogP contribution < -0.4 is 10.6 Å². The molecule has 0 spiro atoms. The average Bonchev–Trinajstić information content (AvgIpc) is 2.42. The van der Waals surface area contributed by atoms with Crippen molar-refractivity contribution in [3.8, 4) is 5.75 Å². The molecular weight excluding hydrogens is 254 g/mol. The van der Waals surface area contributed by atoms with Gasteiger partial charge in [0, 0.05) is 37.4 Å². The minimum atomic E-state index is 0.0635. The van der Waals surface area contributed by atoms with Gasteiger partial charge in [0.05, 0.1) is 6.54 Å². The average molecular weight is 277 g/mol. The van der Waals surface area contributed by atoms with E-state index in [9.17, 15) is 9.90 Å². The van der Waals surface area contributed by atoms with Crippen LogP contribution in [0, 0.1) is 0 Å². The quantitative estimate of drug-likeness (QED) is 0.866. The van der Waals surface area contributed by atoms with Crippen LogP contribution in [0.25, 0.3) is 0 Å². The van der Waals surface area contributed by atoms with Crippen LogP contribution in [0.3, 0.4) is 0 Å². The maximum Gasteiger partial charge on any atom is 0.241 e. The third-order valence-corrected chi connectivity index (χ3v) is 3.75. The first-order valence-corrected chi connectivity index (χ1v) is 7.17. The van der Waals surface area contributed by atoms with Crippen LogP contribution >= 0.6 is 0 Å². The van der Waals surface area contributed by atoms with Crippen molar-refractivity contribution in [3.63, 3.8) is 0 Å². The van der Waals surface area contributed by atoms with Crippen molar-refractivity contribution < 1.29 is 9.90 Å². The van der Waals surface area contributed by atoms with Gasteiger partial charge in [0.15, 0.2) is 0 Å². The number of amides is 1. The second-order valence-corrected chi connectivity index (χ2v) is 5.27. The third kappa shape index (κ3) is 3.71. The first-order chi connectivity index (χ1) is 9.60. The van der Waals surface area contributed by atoms with E-state index in [1.165, 1.54) is 0 Å². The number of hydrogen-bond donors (Lipinski definition) is 2. The molecule has 0 saturated carbocycles. The van der Waals surface area contributed by atoms with Gasteiger partial charge in [-0.05, 0) is 31.9 Å². The first kappa shape index (κ1) is 14.8. The molecule has 3 N–H and O–H groups in total. The van der Waals surface area contributed by atoms with Crippen molar-refractivity contribution >= 4 is 11.6 Å². The number of likely N-dealkylation sites (tertiary alicyclic amines) is 1. The normalized spacial score (nSPS) is 17.1. The largest absolute Gasteiger partial charge is 0.508 e. The molecule has 110 valence electrons. The number of phenols is 1. The lowest BCUT2D eigenvalue weighted by atomic mass is 10.1. The summed E-state index contributed by atoms with van der Waals surface area (Å²) < 4.78 is 0. The lowest BCUT2D eigenvalue weighted by Crippen LogP contribution is -2.45. The number of piperidine rings is 1. The standard InChI is InChI=1S/C15H23N3O2/c1-2-18(13-4-3-5-14(19)10-13)15(20)11-17-8-6-12(16)7-9-17/h3-5,10,12,19H,2,6-9,11,16H2,1H3. The predicted octanol–water partition coefficient (Wildman–Crippen LogP) is 1.17. The second-order valence-electron chi connectivity index (χ2n) is 5.27. The zero-order valence-corrected chi connectivity index (χ0v) is 12.0. The highest BCUT2D eigenvalue weighted by molar-refractivity contribution is 5.94. The number of carbonyl (C=O) groups excluding carboxylic acids is 1. The maximum absolute atomic E-state index is 12.4. The molecule has 0 radical (unpaired) electrons. The molecule has 2 rings (SSSR count). The molecule has 1 aliphatic rings. The summed E-state index contributed by atoms with van der Waals surface area (Å²) in [6.07, 6.45) is 1.90. The summed E-state index contributed by atoms with van der Waals surface area (Å²) in [5.74, 6) is 0.242. The van der Waals surface area contributed by atoms with Gasteiger partial charge in [-0.1, -0.05) is 6.07 Å². The highest BCUT2D eigenvalue weighted by atomic mass is 16.3. The Bertz CT molecular complexity index is 456. The summed E-state index contributed by atoms with van der Waals surface area (Å²) in [6, 6.07) is 7.09. The molecule has 0 unspecified atom stereocenters. The fraction of sp³-hybridized carbons (Fsp3) is 0.533. The van der Waals surface area contributed by atoms with Crippen LogP contribution in [0.2, 0.25) is 0 Å². The van der Waals surface area contributed by atoms with Crippen molar-refractivity contribution in [1.29, 1.82) is 0 Å². The fourth-order valence-electron chi connectivity index (χ4n) is 2.55. The molecule has 0 atom stereocenters. The Morgan fingerprint density at radius 2 is 2.15 bits per heavy atom. The van der Waals surface area contributed by atoms with E-state index >= 15 is 0 Å². The van der Waals surface area contributed by atoms with Crippen molar-refractivity contribution in [1.82, 2.24) is 4.90 Å². The number of nitrogens with zero attached hydrogens (tertiary/aromatic N) is 2. The third-order valence-electron chi connectivity index (χ3n) is 3.75. The first-order valence-electron chi connectivity index (χ1n) is 7.17. The van der Waals surface area contributed by atoms with Gasteiger partial charge < -0.3 is 15.7 Å². The Labute approximate surface area is 120 Å². The molecular formula is C15H23N3O2. The van der Waals surface area contributed by atoms with Crippen LogP contribution in [0.5, 0.6) is 5.75 Å². The molecule has 1 amide bonds. The molecule has 1 aromatic rings. The molecule has 0 aliphatic carbocycles. The van der Waals surface area contributed by atoms with Gasteiger partial charge in [0.25, 0.3) is 0 Å². The van der Waals surface area contributed by atoms with E-state index in [1.54, 1.807) is 23.1 Å². The number of phenolic OH excluding ortho intramolecular Hbond substituents is 1. The van der Waals surface area contributed by atoms with E-state index < -0.39 is 0 Å². The van der Waals surface area contributed by atoms with Crippen molar-refractivity contribution in [2.24, 2.45) is 5.73 Å². The van der Waals surface area contributed by atoms with Gasteiger partial charge in [-0.3, -0.25) is 9.69 Å². The maximum atomic E-state index is 12.4. The minimum Gasteiger partial charge on any atom is -0.508 e. The van der Waals surface area contributed by atoms with Crippen molar-refractivity contribution in [2.75, 3.05) is 31.1 Å². The predicted molar refractivity (Wildman–Crippen MR) is 79.8 cm³/mol. The zero-order valence-electron chi connectivity index (χ0n) is 12.0. The number of rotatable bonds is 4. The van der Waals surface area contributed by atoms with Gasteiger partial charge in [-0.25, -0.2) is 0 Å². The Morgan fingerprint density at radius 1 is 1.45 bits per heavy atom. The molecule has 1 aliphatic heterocycles. The van der Waals surface area contributed by atoms with Crippen LogP contribution in [0.15, 0.2) is 24.3 Å². The Balaban J connectivity index is 1.99. The Kier molecular flexibility index (Phi) is 4.98. The molecule has 5 heteroatoms. The van der Waals surface area contributed by atoms with E-state index in [0.29, 0.717) is 13.1 Å². The van der Waals surface area contributed by atoms with E-state index in [4.69, 9.17) is 5.73 Å². The molecule has 1 saturated heterocycles. The van der Waals surface area contributed by atoms with E-state index in [-0.39, 0.29) is 17.7 Å². The number of anilines is 1. The van der Waals surface area contributed by atoms with Gasteiger partial charge in [0.1, 0.15) is 5.75 Å². The highest BCUT2D eigenvalue weighted by Gasteiger charge is 2.21. The van der Waals surface area contributed by atoms with Gasteiger partial charge in [-0.15, -0.1) is 0 Å². The van der Waals surface area contributed by atoms with Crippen molar-refractivity contribution in [2.45, 2.75) is 25.8 Å². The van der Waals surface area contributed by atoms with Crippen LogP contribution in [0.1, 0.15) is 19.8 Å². The van der Waals surface area contributed by atoms with Crippen molar-refractivity contribution in [3.05, 3.63) is 24.3 Å². The molecule has 5 nitrogen and oxygen atoms in total. The molecule has 1 fully saturated rings. The molecule has 1 heterocycles. The molecule has 0 bridgehead atoms. The zero-order chi connectivity index (χ0) is 14.5. The summed E-state index contributed by atoms with van der Waals surface area (Å²) in [7, 11) is 0. The minimum absolute atomic E-state index is 0.0635. The van der Waals surface area contributed by atoms with Crippen LogP contribution in [-0.4, -0.2) is 48.1 Å². The van der Waals surface area contributed by atoms with Gasteiger partial charge >= 0.3 is 0 Å². The fourth-order valence-corrected chi connectivity index (χ4v) is 2.55. The van der Waals surface area contributed by atoms with Gasteiger partial charge in [0.2, 0.25) is 5.91 Å². The Hall–Kier alpha value is -1.59. The number of hydrogen-bond acceptors (Lipinski definition) is 4. The summed E-state index contributed by atoms with van der Waals surface area (Å²) in [6.45, 7) is 4.70. The van der Waals surface area contributed by atoms with Gasteiger partial charge in [-0.2, -0.15) is 0 Å². The second kappa shape index (κ2) is 6.72. The Morgan fingerprint density at radius 3 is 2.75 bits per heavy atom. The number of carbonyl (C=O) groups is 1. The SMILES string of the molecule is CCN(C(=O)CN1CCC(N)CC1)c1cccc(O)c1. The lowest BCUT2D eigenvalue weighted by molar-refractivity contribution is -0.120. The summed E-state index contributed by atoms with van der Waals surface area (Å²) in [5.41, 5.74) is 6.61. The van der Waals surface area contributed by atoms with E-state index in [1.807, 2.05) is 13.0 Å². The summed E-state index contributed by atoms with van der Waals surface area (Å²) in [5, 5.41) is 9.53. The lowest BCUT2D eigenvalue weighted by Gasteiger charge is -2.31. The molecule has 0 aromatic heterocycles. The van der Waals surface area contributed by atoms with E-state index in [0.717, 1.165) is 31.6 Å². The molecule has 1 aromatic carbocycles. The number of nitrogens with two attached hydrogens (primary N) is 1. The monoisotopic (exact) mass is 277 g/mol.